The molecule has 0 bridgehead atoms. The molecule has 1 rings (SSSR count). The first-order chi connectivity index (χ1) is 6.88. The van der Waals surface area contributed by atoms with E-state index in [4.69, 9.17) is 4.74 Å². The summed E-state index contributed by atoms with van der Waals surface area (Å²) in [4.78, 5) is 7.31. The van der Waals surface area contributed by atoms with Gasteiger partial charge in [0, 0.05) is 19.0 Å². The molecule has 1 aromatic heterocycles. The molecule has 0 spiro atoms. The molecule has 1 heterocycles. The quantitative estimate of drug-likeness (QED) is 0.651. The fraction of sp³-hybridized carbons (Fsp3) is 0.700. The molecular weight excluding hydrogens is 178 g/mol. The molecule has 4 heteroatoms. The minimum Gasteiger partial charge on any atom is -0.379 e. The van der Waals surface area contributed by atoms with E-state index in [0.29, 0.717) is 6.61 Å². The van der Waals surface area contributed by atoms with E-state index in [1.165, 1.54) is 0 Å². The van der Waals surface area contributed by atoms with E-state index in [0.717, 1.165) is 25.4 Å². The van der Waals surface area contributed by atoms with Crippen LogP contribution in [0.25, 0.3) is 0 Å². The van der Waals surface area contributed by atoms with Crippen LogP contribution in [0.5, 0.6) is 0 Å². The van der Waals surface area contributed by atoms with Crippen LogP contribution < -0.4 is 5.32 Å². The van der Waals surface area contributed by atoms with E-state index in [9.17, 15) is 0 Å². The van der Waals surface area contributed by atoms with Crippen LogP contribution >= 0.6 is 0 Å². The molecule has 0 aliphatic carbocycles. The van der Waals surface area contributed by atoms with Gasteiger partial charge in [-0.05, 0) is 13.0 Å². The lowest BCUT2D eigenvalue weighted by molar-refractivity contribution is 0.110. The third-order valence-electron chi connectivity index (χ3n) is 1.93. The van der Waals surface area contributed by atoms with E-state index in [2.05, 4.69) is 29.1 Å². The second-order valence-corrected chi connectivity index (χ2v) is 3.16. The summed E-state index contributed by atoms with van der Waals surface area (Å²) in [5, 5.41) is 3.33. The molecule has 1 unspecified atom stereocenters. The molecule has 14 heavy (non-hydrogen) atoms. The molecule has 2 N–H and O–H groups in total. The number of H-pyrrole nitrogens is 1. The van der Waals surface area contributed by atoms with E-state index < -0.39 is 0 Å². The molecule has 1 aromatic rings. The minimum atomic E-state index is 0.182. The number of aromatic amines is 1. The van der Waals surface area contributed by atoms with Gasteiger partial charge in [0.05, 0.1) is 12.6 Å². The zero-order valence-electron chi connectivity index (χ0n) is 8.92. The maximum Gasteiger partial charge on any atom is 0.125 e. The van der Waals surface area contributed by atoms with Crippen molar-refractivity contribution in [1.29, 1.82) is 0 Å². The SMILES string of the molecule is CCCOCC(NCC)c1ncc[nH]1. The molecule has 0 fully saturated rings. The summed E-state index contributed by atoms with van der Waals surface area (Å²) in [5.74, 6) is 0.947. The second kappa shape index (κ2) is 6.56. The number of rotatable bonds is 7. The van der Waals surface area contributed by atoms with E-state index in [1.807, 2.05) is 6.20 Å². The lowest BCUT2D eigenvalue weighted by Crippen LogP contribution is -2.26. The number of hydrogen-bond acceptors (Lipinski definition) is 3. The molecule has 0 saturated heterocycles. The van der Waals surface area contributed by atoms with Crippen LogP contribution in [0.15, 0.2) is 12.4 Å². The predicted molar refractivity (Wildman–Crippen MR) is 56.1 cm³/mol. The summed E-state index contributed by atoms with van der Waals surface area (Å²) in [7, 11) is 0. The summed E-state index contributed by atoms with van der Waals surface area (Å²) in [5.41, 5.74) is 0. The number of nitrogens with one attached hydrogen (secondary N) is 2. The van der Waals surface area contributed by atoms with Gasteiger partial charge in [0.25, 0.3) is 0 Å². The normalized spacial score (nSPS) is 13.0. The summed E-state index contributed by atoms with van der Waals surface area (Å²) in [6, 6.07) is 0.182. The summed E-state index contributed by atoms with van der Waals surface area (Å²) in [6.07, 6.45) is 4.65. The van der Waals surface area contributed by atoms with Crippen LogP contribution in [0.4, 0.5) is 0 Å². The van der Waals surface area contributed by atoms with Crippen molar-refractivity contribution in [3.63, 3.8) is 0 Å². The molecule has 80 valence electrons. The van der Waals surface area contributed by atoms with E-state index in [-0.39, 0.29) is 6.04 Å². The number of hydrogen-bond donors (Lipinski definition) is 2. The average Bonchev–Trinajstić information content (AvgIpc) is 2.70. The Balaban J connectivity index is 2.39. The van der Waals surface area contributed by atoms with Gasteiger partial charge in [0.2, 0.25) is 0 Å². The molecule has 1 atom stereocenters. The van der Waals surface area contributed by atoms with Crippen molar-refractivity contribution >= 4 is 0 Å². The third kappa shape index (κ3) is 3.47. The van der Waals surface area contributed by atoms with Crippen molar-refractivity contribution in [2.24, 2.45) is 0 Å². The summed E-state index contributed by atoms with van der Waals surface area (Å²) < 4.78 is 5.50. The Labute approximate surface area is 85.1 Å². The average molecular weight is 197 g/mol. The Morgan fingerprint density at radius 3 is 3.00 bits per heavy atom. The van der Waals surface area contributed by atoms with Crippen molar-refractivity contribution in [3.05, 3.63) is 18.2 Å². The number of nitrogens with zero attached hydrogens (tertiary/aromatic N) is 1. The largest absolute Gasteiger partial charge is 0.379 e. The molecule has 0 aliphatic heterocycles. The number of aromatic nitrogens is 2. The standard InChI is InChI=1S/C10H19N3O/c1-3-7-14-8-9(11-4-2)10-12-5-6-13-10/h5-6,9,11H,3-4,7-8H2,1-2H3,(H,12,13). The smallest absolute Gasteiger partial charge is 0.125 e. The highest BCUT2D eigenvalue weighted by atomic mass is 16.5. The molecular formula is C10H19N3O. The highest BCUT2D eigenvalue weighted by molar-refractivity contribution is 4.95. The first-order valence-corrected chi connectivity index (χ1v) is 5.18. The molecule has 0 amide bonds. The van der Waals surface area contributed by atoms with E-state index in [1.54, 1.807) is 6.20 Å². The van der Waals surface area contributed by atoms with Crippen molar-refractivity contribution in [1.82, 2.24) is 15.3 Å². The summed E-state index contributed by atoms with van der Waals surface area (Å²) in [6.45, 7) is 6.59. The highest BCUT2D eigenvalue weighted by Crippen LogP contribution is 2.07. The molecule has 0 radical (unpaired) electrons. The van der Waals surface area contributed by atoms with Gasteiger partial charge in [-0.3, -0.25) is 0 Å². The Hall–Kier alpha value is -0.870. The lowest BCUT2D eigenvalue weighted by Gasteiger charge is -2.15. The topological polar surface area (TPSA) is 49.9 Å². The van der Waals surface area contributed by atoms with E-state index >= 15 is 0 Å². The number of likely N-dealkylation sites (N-methyl/N-ethyl adjacent to an activating group) is 1. The van der Waals surface area contributed by atoms with Gasteiger partial charge >= 0.3 is 0 Å². The van der Waals surface area contributed by atoms with Crippen LogP contribution in [-0.4, -0.2) is 29.7 Å². The van der Waals surface area contributed by atoms with Gasteiger partial charge in [0.1, 0.15) is 5.82 Å². The van der Waals surface area contributed by atoms with Gasteiger partial charge in [0.15, 0.2) is 0 Å². The Bertz CT molecular complexity index is 223. The van der Waals surface area contributed by atoms with Crippen LogP contribution in [-0.2, 0) is 4.74 Å². The summed E-state index contributed by atoms with van der Waals surface area (Å²) >= 11 is 0. The molecule has 0 aromatic carbocycles. The van der Waals surface area contributed by atoms with Crippen molar-refractivity contribution in [2.75, 3.05) is 19.8 Å². The van der Waals surface area contributed by atoms with Gasteiger partial charge in [-0.15, -0.1) is 0 Å². The van der Waals surface area contributed by atoms with Crippen LogP contribution in [0, 0.1) is 0 Å². The third-order valence-corrected chi connectivity index (χ3v) is 1.93. The lowest BCUT2D eigenvalue weighted by atomic mass is 10.3. The van der Waals surface area contributed by atoms with Crippen molar-refractivity contribution in [3.8, 4) is 0 Å². The minimum absolute atomic E-state index is 0.182. The Morgan fingerprint density at radius 1 is 1.57 bits per heavy atom. The van der Waals surface area contributed by atoms with Crippen molar-refractivity contribution < 1.29 is 4.74 Å². The zero-order valence-corrected chi connectivity index (χ0v) is 8.92. The van der Waals surface area contributed by atoms with Crippen LogP contribution in [0.2, 0.25) is 0 Å². The zero-order chi connectivity index (χ0) is 10.2. The monoisotopic (exact) mass is 197 g/mol. The molecule has 0 saturated carbocycles. The Morgan fingerprint density at radius 2 is 2.43 bits per heavy atom. The van der Waals surface area contributed by atoms with Gasteiger partial charge in [-0.2, -0.15) is 0 Å². The first kappa shape index (κ1) is 11.2. The first-order valence-electron chi connectivity index (χ1n) is 5.18. The van der Waals surface area contributed by atoms with Crippen LogP contribution in [0.1, 0.15) is 32.1 Å². The number of ether oxygens (including phenoxy) is 1. The second-order valence-electron chi connectivity index (χ2n) is 3.16. The Kier molecular flexibility index (Phi) is 5.25. The van der Waals surface area contributed by atoms with Gasteiger partial charge in [-0.25, -0.2) is 4.98 Å². The fourth-order valence-corrected chi connectivity index (χ4v) is 1.29. The molecule has 0 aliphatic rings. The van der Waals surface area contributed by atoms with Gasteiger partial charge in [-0.1, -0.05) is 13.8 Å². The predicted octanol–water partition coefficient (Wildman–Crippen LogP) is 1.49. The maximum atomic E-state index is 5.50. The van der Waals surface area contributed by atoms with Crippen molar-refractivity contribution in [2.45, 2.75) is 26.3 Å². The molecule has 4 nitrogen and oxygen atoms in total. The highest BCUT2D eigenvalue weighted by Gasteiger charge is 2.11. The van der Waals surface area contributed by atoms with Crippen LogP contribution in [0.3, 0.4) is 0 Å². The number of imidazole rings is 1. The van der Waals surface area contributed by atoms with Gasteiger partial charge < -0.3 is 15.0 Å². The maximum absolute atomic E-state index is 5.50. The fourth-order valence-electron chi connectivity index (χ4n) is 1.29.